The summed E-state index contributed by atoms with van der Waals surface area (Å²) in [5, 5.41) is 11.9. The molecule has 0 aliphatic carbocycles. The van der Waals surface area contributed by atoms with Crippen LogP contribution in [0.5, 0.6) is 0 Å². The molecule has 2 atom stereocenters. The minimum atomic E-state index is 0.0491. The van der Waals surface area contributed by atoms with Crippen molar-refractivity contribution >= 4 is 22.7 Å². The van der Waals surface area contributed by atoms with E-state index in [1.807, 2.05) is 55.3 Å². The molecule has 0 radical (unpaired) electrons. The maximum atomic E-state index is 6.07. The Balaban J connectivity index is 1.54. The van der Waals surface area contributed by atoms with E-state index in [1.165, 1.54) is 0 Å². The molecular weight excluding hydrogens is 328 g/mol. The summed E-state index contributed by atoms with van der Waals surface area (Å²) in [5.41, 5.74) is 2.05. The van der Waals surface area contributed by atoms with E-state index in [2.05, 4.69) is 25.7 Å². The molecule has 0 amide bonds. The number of aromatic nitrogens is 4. The first-order valence-corrected chi connectivity index (χ1v) is 9.04. The summed E-state index contributed by atoms with van der Waals surface area (Å²) in [5.74, 6) is 1.83. The van der Waals surface area contributed by atoms with Crippen molar-refractivity contribution in [2.24, 2.45) is 13.0 Å². The first-order chi connectivity index (χ1) is 12.8. The number of hydrogen-bond acceptors (Lipinski definition) is 6. The fourth-order valence-electron chi connectivity index (χ4n) is 3.61. The molecule has 2 N–H and O–H groups in total. The second-order valence-electron chi connectivity index (χ2n) is 6.62. The van der Waals surface area contributed by atoms with Gasteiger partial charge in [0.05, 0.1) is 11.2 Å². The van der Waals surface area contributed by atoms with Crippen LogP contribution in [0.4, 0.5) is 11.8 Å². The zero-order chi connectivity index (χ0) is 17.9. The summed E-state index contributed by atoms with van der Waals surface area (Å²) >= 11 is 0. The average Bonchev–Trinajstić information content (AvgIpc) is 3.11. The zero-order valence-electron chi connectivity index (χ0n) is 15.1. The van der Waals surface area contributed by atoms with Crippen LogP contribution in [0.15, 0.2) is 36.5 Å². The van der Waals surface area contributed by atoms with Gasteiger partial charge in [0.25, 0.3) is 0 Å². The summed E-state index contributed by atoms with van der Waals surface area (Å²) in [6.07, 6.45) is 4.05. The van der Waals surface area contributed by atoms with E-state index in [-0.39, 0.29) is 6.10 Å². The van der Waals surface area contributed by atoms with Crippen LogP contribution in [0.3, 0.4) is 0 Å². The fourth-order valence-corrected chi connectivity index (χ4v) is 3.61. The van der Waals surface area contributed by atoms with E-state index in [0.29, 0.717) is 11.9 Å². The van der Waals surface area contributed by atoms with Gasteiger partial charge in [-0.3, -0.25) is 4.68 Å². The Hall–Kier alpha value is -2.67. The van der Waals surface area contributed by atoms with Crippen molar-refractivity contribution in [3.8, 4) is 0 Å². The normalized spacial score (nSPS) is 20.2. The molecule has 0 bridgehead atoms. The SMILES string of the molecule is CNc1nc(NC[C@@H]2CCCO[C@H]2c2ccnn2C)nc2ccccc12. The highest BCUT2D eigenvalue weighted by Gasteiger charge is 2.29. The number of anilines is 2. The summed E-state index contributed by atoms with van der Waals surface area (Å²) in [4.78, 5) is 9.27. The monoisotopic (exact) mass is 352 g/mol. The molecule has 1 aliphatic heterocycles. The molecule has 4 rings (SSSR count). The molecule has 3 aromatic rings. The summed E-state index contributed by atoms with van der Waals surface area (Å²) < 4.78 is 7.96. The van der Waals surface area contributed by atoms with Gasteiger partial charge < -0.3 is 15.4 Å². The molecular formula is C19H24N6O. The van der Waals surface area contributed by atoms with Gasteiger partial charge in [-0.1, -0.05) is 12.1 Å². The highest BCUT2D eigenvalue weighted by molar-refractivity contribution is 5.89. The predicted octanol–water partition coefficient (Wildman–Crippen LogP) is 2.98. The largest absolute Gasteiger partial charge is 0.372 e. The second kappa shape index (κ2) is 7.29. The first-order valence-electron chi connectivity index (χ1n) is 9.04. The van der Waals surface area contributed by atoms with Crippen molar-refractivity contribution in [2.75, 3.05) is 30.8 Å². The number of fused-ring (bicyclic) bond motifs is 1. The van der Waals surface area contributed by atoms with Gasteiger partial charge in [0.15, 0.2) is 0 Å². The third-order valence-electron chi connectivity index (χ3n) is 4.96. The Morgan fingerprint density at radius 1 is 1.23 bits per heavy atom. The van der Waals surface area contributed by atoms with Gasteiger partial charge in [-0.2, -0.15) is 10.1 Å². The summed E-state index contributed by atoms with van der Waals surface area (Å²) in [6, 6.07) is 10.1. The van der Waals surface area contributed by atoms with Crippen LogP contribution in [0, 0.1) is 5.92 Å². The van der Waals surface area contributed by atoms with Gasteiger partial charge >= 0.3 is 0 Å². The van der Waals surface area contributed by atoms with Crippen molar-refractivity contribution < 1.29 is 4.74 Å². The highest BCUT2D eigenvalue weighted by Crippen LogP contribution is 2.33. The molecule has 1 fully saturated rings. The number of nitrogens with one attached hydrogen (secondary N) is 2. The molecule has 7 nitrogen and oxygen atoms in total. The molecule has 0 unspecified atom stereocenters. The highest BCUT2D eigenvalue weighted by atomic mass is 16.5. The Labute approximate surface area is 152 Å². The quantitative estimate of drug-likeness (QED) is 0.735. The van der Waals surface area contributed by atoms with Gasteiger partial charge in [0.2, 0.25) is 5.95 Å². The van der Waals surface area contributed by atoms with E-state index >= 15 is 0 Å². The lowest BCUT2D eigenvalue weighted by Gasteiger charge is -2.32. The van der Waals surface area contributed by atoms with Crippen molar-refractivity contribution in [3.63, 3.8) is 0 Å². The van der Waals surface area contributed by atoms with Crippen LogP contribution in [-0.4, -0.2) is 39.9 Å². The maximum Gasteiger partial charge on any atom is 0.225 e. The molecule has 0 spiro atoms. The summed E-state index contributed by atoms with van der Waals surface area (Å²) in [7, 11) is 3.84. The van der Waals surface area contributed by atoms with Gasteiger partial charge in [-0.15, -0.1) is 0 Å². The van der Waals surface area contributed by atoms with E-state index in [1.54, 1.807) is 0 Å². The minimum Gasteiger partial charge on any atom is -0.372 e. The predicted molar refractivity (Wildman–Crippen MR) is 102 cm³/mol. The van der Waals surface area contributed by atoms with Crippen LogP contribution in [-0.2, 0) is 11.8 Å². The number of aryl methyl sites for hydroxylation is 1. The van der Waals surface area contributed by atoms with Gasteiger partial charge in [-0.25, -0.2) is 4.98 Å². The standard InChI is InChI=1S/C19H24N6O/c1-20-18-14-7-3-4-8-15(14)23-19(24-18)21-12-13-6-5-11-26-17(13)16-9-10-22-25(16)2/h3-4,7-10,13,17H,5-6,11-12H2,1-2H3,(H2,20,21,23,24)/t13-,17+/m0/s1. The number of ether oxygens (including phenoxy) is 1. The lowest BCUT2D eigenvalue weighted by atomic mass is 9.92. The maximum absolute atomic E-state index is 6.07. The lowest BCUT2D eigenvalue weighted by molar-refractivity contribution is -0.0284. The van der Waals surface area contributed by atoms with Crippen LogP contribution in [0.25, 0.3) is 10.9 Å². The number of para-hydroxylation sites is 1. The van der Waals surface area contributed by atoms with E-state index in [0.717, 1.165) is 48.4 Å². The average molecular weight is 352 g/mol. The smallest absolute Gasteiger partial charge is 0.225 e. The molecule has 1 saturated heterocycles. The molecule has 136 valence electrons. The van der Waals surface area contributed by atoms with Crippen molar-refractivity contribution in [3.05, 3.63) is 42.2 Å². The van der Waals surface area contributed by atoms with Gasteiger partial charge in [-0.05, 0) is 31.0 Å². The third kappa shape index (κ3) is 3.22. The number of benzene rings is 1. The first kappa shape index (κ1) is 16.8. The van der Waals surface area contributed by atoms with Gasteiger partial charge in [0, 0.05) is 44.7 Å². The molecule has 7 heteroatoms. The summed E-state index contributed by atoms with van der Waals surface area (Å²) in [6.45, 7) is 1.56. The van der Waals surface area contributed by atoms with Crippen LogP contribution >= 0.6 is 0 Å². The van der Waals surface area contributed by atoms with Crippen LogP contribution in [0.2, 0.25) is 0 Å². The molecule has 26 heavy (non-hydrogen) atoms. The molecule has 3 heterocycles. The van der Waals surface area contributed by atoms with Crippen LogP contribution < -0.4 is 10.6 Å². The van der Waals surface area contributed by atoms with Crippen molar-refractivity contribution in [1.29, 1.82) is 0 Å². The molecule has 1 aromatic carbocycles. The Morgan fingerprint density at radius 2 is 2.12 bits per heavy atom. The van der Waals surface area contributed by atoms with Gasteiger partial charge in [0.1, 0.15) is 11.9 Å². The number of rotatable bonds is 5. The molecule has 0 saturated carbocycles. The van der Waals surface area contributed by atoms with Crippen molar-refractivity contribution in [1.82, 2.24) is 19.7 Å². The fraction of sp³-hybridized carbons (Fsp3) is 0.421. The second-order valence-corrected chi connectivity index (χ2v) is 6.62. The third-order valence-corrected chi connectivity index (χ3v) is 4.96. The van der Waals surface area contributed by atoms with E-state index < -0.39 is 0 Å². The zero-order valence-corrected chi connectivity index (χ0v) is 15.1. The van der Waals surface area contributed by atoms with E-state index in [9.17, 15) is 0 Å². The van der Waals surface area contributed by atoms with Crippen LogP contribution in [0.1, 0.15) is 24.6 Å². The Kier molecular flexibility index (Phi) is 4.71. The van der Waals surface area contributed by atoms with Crippen molar-refractivity contribution in [2.45, 2.75) is 18.9 Å². The number of hydrogen-bond donors (Lipinski definition) is 2. The minimum absolute atomic E-state index is 0.0491. The Morgan fingerprint density at radius 3 is 2.92 bits per heavy atom. The molecule has 2 aromatic heterocycles. The lowest BCUT2D eigenvalue weighted by Crippen LogP contribution is -2.30. The number of nitrogens with zero attached hydrogens (tertiary/aromatic N) is 4. The topological polar surface area (TPSA) is 76.9 Å². The van der Waals surface area contributed by atoms with E-state index in [4.69, 9.17) is 4.74 Å². The Bertz CT molecular complexity index is 893. The molecule has 1 aliphatic rings.